The monoisotopic (exact) mass is 440 g/mol. The molecule has 1 amide bonds. The van der Waals surface area contributed by atoms with E-state index in [9.17, 15) is 28.1 Å². The molecule has 0 aliphatic heterocycles. The van der Waals surface area contributed by atoms with Crippen molar-refractivity contribution in [2.75, 3.05) is 6.54 Å². The number of hydrogen-bond acceptors (Lipinski definition) is 7. The van der Waals surface area contributed by atoms with E-state index in [0.717, 1.165) is 5.56 Å². The zero-order chi connectivity index (χ0) is 21.7. The Morgan fingerprint density at radius 3 is 2.70 bits per heavy atom. The maximum atomic E-state index is 13.0. The van der Waals surface area contributed by atoms with Gasteiger partial charge in [0.15, 0.2) is 0 Å². The average molecular weight is 440 g/mol. The SMILES string of the molecule is O=C(CCc1nc(-c2ccsc2)no1)N(Cc1ccccc1[N+](=O)[O-])CC(F)(F)F. The second kappa shape index (κ2) is 9.03. The number of nitro groups is 1. The molecule has 12 heteroatoms. The first-order valence-corrected chi connectivity index (χ1v) is 9.59. The largest absolute Gasteiger partial charge is 0.406 e. The Kier molecular flexibility index (Phi) is 6.45. The lowest BCUT2D eigenvalue weighted by Crippen LogP contribution is -2.38. The fraction of sp³-hybridized carbons (Fsp3) is 0.278. The van der Waals surface area contributed by atoms with Crippen molar-refractivity contribution in [2.24, 2.45) is 0 Å². The standard InChI is InChI=1S/C18H15F3N4O4S/c19-18(20,21)11-24(9-12-3-1-2-4-14(12)25(27)28)16(26)6-5-15-22-17(23-29-15)13-7-8-30-10-13/h1-4,7-8,10H,5-6,9,11H2. The molecule has 30 heavy (non-hydrogen) atoms. The van der Waals surface area contributed by atoms with Gasteiger partial charge in [-0.05, 0) is 11.4 Å². The number of amides is 1. The molecule has 2 heterocycles. The van der Waals surface area contributed by atoms with Crippen LogP contribution in [0.1, 0.15) is 17.9 Å². The van der Waals surface area contributed by atoms with Crippen LogP contribution < -0.4 is 0 Å². The minimum absolute atomic E-state index is 0.0117. The molecule has 0 bridgehead atoms. The highest BCUT2D eigenvalue weighted by molar-refractivity contribution is 7.08. The number of para-hydroxylation sites is 1. The van der Waals surface area contributed by atoms with Gasteiger partial charge in [0.2, 0.25) is 17.6 Å². The molecule has 0 saturated carbocycles. The Morgan fingerprint density at radius 2 is 2.03 bits per heavy atom. The third kappa shape index (κ3) is 5.63. The van der Waals surface area contributed by atoms with E-state index >= 15 is 0 Å². The summed E-state index contributed by atoms with van der Waals surface area (Å²) in [5, 5.41) is 18.5. The second-order valence-corrected chi connectivity index (χ2v) is 7.05. The van der Waals surface area contributed by atoms with E-state index in [1.165, 1.54) is 35.6 Å². The minimum Gasteiger partial charge on any atom is -0.339 e. The number of alkyl halides is 3. The fourth-order valence-electron chi connectivity index (χ4n) is 2.71. The maximum Gasteiger partial charge on any atom is 0.406 e. The molecule has 8 nitrogen and oxygen atoms in total. The van der Waals surface area contributed by atoms with Gasteiger partial charge in [-0.25, -0.2) is 0 Å². The number of nitro benzene ring substituents is 1. The Morgan fingerprint density at radius 1 is 1.27 bits per heavy atom. The van der Waals surface area contributed by atoms with Crippen LogP contribution in [-0.2, 0) is 17.8 Å². The summed E-state index contributed by atoms with van der Waals surface area (Å²) in [7, 11) is 0. The quantitative estimate of drug-likeness (QED) is 0.384. The molecule has 0 aliphatic rings. The van der Waals surface area contributed by atoms with Crippen LogP contribution in [0, 0.1) is 10.1 Å². The van der Waals surface area contributed by atoms with Gasteiger partial charge in [0, 0.05) is 35.4 Å². The Balaban J connectivity index is 1.71. The summed E-state index contributed by atoms with van der Waals surface area (Å²) < 4.78 is 44.0. The van der Waals surface area contributed by atoms with Crippen molar-refractivity contribution < 1.29 is 27.4 Å². The van der Waals surface area contributed by atoms with Crippen LogP contribution in [0.25, 0.3) is 11.4 Å². The number of aromatic nitrogens is 2. The minimum atomic E-state index is -4.66. The molecule has 0 saturated heterocycles. The number of thiophene rings is 1. The molecule has 0 radical (unpaired) electrons. The van der Waals surface area contributed by atoms with E-state index < -0.39 is 30.1 Å². The smallest absolute Gasteiger partial charge is 0.339 e. The Hall–Kier alpha value is -3.28. The van der Waals surface area contributed by atoms with E-state index in [-0.39, 0.29) is 30.0 Å². The first-order valence-electron chi connectivity index (χ1n) is 8.65. The first kappa shape index (κ1) is 21.4. The van der Waals surface area contributed by atoms with Gasteiger partial charge in [0.25, 0.3) is 5.69 Å². The van der Waals surface area contributed by atoms with E-state index in [1.54, 1.807) is 11.4 Å². The van der Waals surface area contributed by atoms with Gasteiger partial charge in [-0.2, -0.15) is 29.5 Å². The van der Waals surface area contributed by atoms with Gasteiger partial charge in [-0.15, -0.1) is 0 Å². The van der Waals surface area contributed by atoms with E-state index in [1.807, 2.05) is 5.38 Å². The van der Waals surface area contributed by atoms with Crippen molar-refractivity contribution in [2.45, 2.75) is 25.6 Å². The predicted molar refractivity (Wildman–Crippen MR) is 101 cm³/mol. The van der Waals surface area contributed by atoms with Crippen molar-refractivity contribution in [1.29, 1.82) is 0 Å². The maximum absolute atomic E-state index is 13.0. The zero-order valence-electron chi connectivity index (χ0n) is 15.3. The number of hydrogen-bond donors (Lipinski definition) is 0. The molecule has 3 aromatic rings. The zero-order valence-corrected chi connectivity index (χ0v) is 16.2. The van der Waals surface area contributed by atoms with Crippen LogP contribution in [0.15, 0.2) is 45.6 Å². The van der Waals surface area contributed by atoms with Crippen LogP contribution in [-0.4, -0.2) is 38.6 Å². The molecule has 0 fully saturated rings. The molecule has 0 atom stereocenters. The number of rotatable bonds is 8. The van der Waals surface area contributed by atoms with Crippen LogP contribution in [0.5, 0.6) is 0 Å². The van der Waals surface area contributed by atoms with Gasteiger partial charge in [-0.3, -0.25) is 14.9 Å². The molecule has 0 unspecified atom stereocenters. The van der Waals surface area contributed by atoms with Crippen molar-refractivity contribution in [3.8, 4) is 11.4 Å². The van der Waals surface area contributed by atoms with Crippen molar-refractivity contribution in [1.82, 2.24) is 15.0 Å². The summed E-state index contributed by atoms with van der Waals surface area (Å²) in [6.45, 7) is -2.07. The lowest BCUT2D eigenvalue weighted by atomic mass is 10.1. The lowest BCUT2D eigenvalue weighted by molar-refractivity contribution is -0.385. The molecular weight excluding hydrogens is 425 g/mol. The van der Waals surface area contributed by atoms with Crippen molar-refractivity contribution in [3.05, 3.63) is 62.7 Å². The van der Waals surface area contributed by atoms with E-state index in [4.69, 9.17) is 4.52 Å². The highest BCUT2D eigenvalue weighted by atomic mass is 32.1. The van der Waals surface area contributed by atoms with Crippen LogP contribution in [0.3, 0.4) is 0 Å². The summed E-state index contributed by atoms with van der Waals surface area (Å²) in [5.41, 5.74) is 0.392. The number of halogens is 3. The van der Waals surface area contributed by atoms with Crippen LogP contribution >= 0.6 is 11.3 Å². The number of carbonyl (C=O) groups excluding carboxylic acids is 1. The van der Waals surface area contributed by atoms with Crippen molar-refractivity contribution >= 4 is 22.9 Å². The predicted octanol–water partition coefficient (Wildman–Crippen LogP) is 4.23. The van der Waals surface area contributed by atoms with Crippen LogP contribution in [0.4, 0.5) is 18.9 Å². The third-order valence-electron chi connectivity index (χ3n) is 4.07. The molecule has 2 aromatic heterocycles. The molecule has 0 N–H and O–H groups in total. The first-order chi connectivity index (χ1) is 14.2. The average Bonchev–Trinajstić information content (AvgIpc) is 3.36. The van der Waals surface area contributed by atoms with Gasteiger partial charge in [0.05, 0.1) is 11.5 Å². The summed E-state index contributed by atoms with van der Waals surface area (Å²) in [6.07, 6.45) is -5.03. The molecular formula is C18H15F3N4O4S. The summed E-state index contributed by atoms with van der Waals surface area (Å²) in [6, 6.07) is 7.14. The normalized spacial score (nSPS) is 11.4. The third-order valence-corrected chi connectivity index (χ3v) is 4.76. The second-order valence-electron chi connectivity index (χ2n) is 6.27. The van der Waals surface area contributed by atoms with E-state index in [0.29, 0.717) is 10.7 Å². The lowest BCUT2D eigenvalue weighted by Gasteiger charge is -2.24. The topological polar surface area (TPSA) is 102 Å². The molecule has 3 rings (SSSR count). The number of aryl methyl sites for hydroxylation is 1. The molecule has 0 aliphatic carbocycles. The van der Waals surface area contributed by atoms with Gasteiger partial charge in [-0.1, -0.05) is 23.4 Å². The number of carbonyl (C=O) groups is 1. The molecule has 0 spiro atoms. The van der Waals surface area contributed by atoms with Crippen LogP contribution in [0.2, 0.25) is 0 Å². The molecule has 158 valence electrons. The van der Waals surface area contributed by atoms with E-state index in [2.05, 4.69) is 10.1 Å². The highest BCUT2D eigenvalue weighted by Gasteiger charge is 2.34. The summed E-state index contributed by atoms with van der Waals surface area (Å²) in [4.78, 5) is 27.6. The van der Waals surface area contributed by atoms with Gasteiger partial charge >= 0.3 is 6.18 Å². The fourth-order valence-corrected chi connectivity index (χ4v) is 3.35. The Bertz CT molecular complexity index is 1020. The van der Waals surface area contributed by atoms with Gasteiger partial charge < -0.3 is 9.42 Å². The van der Waals surface area contributed by atoms with Gasteiger partial charge in [0.1, 0.15) is 6.54 Å². The van der Waals surface area contributed by atoms with Crippen molar-refractivity contribution in [3.63, 3.8) is 0 Å². The highest BCUT2D eigenvalue weighted by Crippen LogP contribution is 2.24. The Labute approximate surface area is 172 Å². The molecule has 1 aromatic carbocycles. The summed E-state index contributed by atoms with van der Waals surface area (Å²) >= 11 is 1.44. The number of nitrogens with zero attached hydrogens (tertiary/aromatic N) is 4. The summed E-state index contributed by atoms with van der Waals surface area (Å²) in [5.74, 6) is -0.395. The number of benzene rings is 1.